The van der Waals surface area contributed by atoms with Gasteiger partial charge in [-0.3, -0.25) is 4.79 Å². The molecule has 2 heterocycles. The van der Waals surface area contributed by atoms with Gasteiger partial charge in [0.1, 0.15) is 11.6 Å². The van der Waals surface area contributed by atoms with Crippen molar-refractivity contribution in [3.8, 4) is 11.4 Å². The van der Waals surface area contributed by atoms with Crippen LogP contribution in [0.3, 0.4) is 0 Å². The van der Waals surface area contributed by atoms with Gasteiger partial charge in [-0.15, -0.1) is 0 Å². The fourth-order valence-electron chi connectivity index (χ4n) is 4.19. The third-order valence-electron chi connectivity index (χ3n) is 5.99. The average Bonchev–Trinajstić information content (AvgIpc) is 3.61. The molecular formula is C24H23FN4O. The molecule has 6 heteroatoms. The lowest BCUT2D eigenvalue weighted by Crippen LogP contribution is -2.49. The highest BCUT2D eigenvalue weighted by molar-refractivity contribution is 5.83. The molecule has 1 saturated heterocycles. The minimum atomic E-state index is -0.237. The summed E-state index contributed by atoms with van der Waals surface area (Å²) in [6.07, 6.45) is 2.65. The molecule has 2 fully saturated rings. The lowest BCUT2D eigenvalue weighted by atomic mass is 10.1. The number of piperazine rings is 1. The van der Waals surface area contributed by atoms with Crippen molar-refractivity contribution in [1.82, 2.24) is 14.9 Å². The molecule has 3 aromatic rings. The minimum absolute atomic E-state index is 0.0331. The molecule has 1 aromatic heterocycles. The second kappa shape index (κ2) is 7.86. The van der Waals surface area contributed by atoms with Gasteiger partial charge in [0.05, 0.1) is 0 Å². The van der Waals surface area contributed by atoms with Gasteiger partial charge in [-0.25, -0.2) is 14.4 Å². The number of aromatic nitrogens is 2. The van der Waals surface area contributed by atoms with Crippen LogP contribution >= 0.6 is 0 Å². The first-order chi connectivity index (χ1) is 14.7. The van der Waals surface area contributed by atoms with E-state index in [9.17, 15) is 9.18 Å². The van der Waals surface area contributed by atoms with E-state index in [2.05, 4.69) is 9.88 Å². The number of carbonyl (C=O) groups excluding carboxylic acids is 1. The molecule has 0 bridgehead atoms. The molecular weight excluding hydrogens is 379 g/mol. The highest BCUT2D eigenvalue weighted by atomic mass is 19.1. The third kappa shape index (κ3) is 3.77. The smallest absolute Gasteiger partial charge is 0.226 e. The lowest BCUT2D eigenvalue weighted by molar-refractivity contribution is -0.133. The number of hydrogen-bond donors (Lipinski definition) is 0. The van der Waals surface area contributed by atoms with Crippen LogP contribution in [0.5, 0.6) is 0 Å². The molecule has 30 heavy (non-hydrogen) atoms. The first-order valence-electron chi connectivity index (χ1n) is 10.4. The summed E-state index contributed by atoms with van der Waals surface area (Å²) in [5, 5.41) is 0. The van der Waals surface area contributed by atoms with Crippen LogP contribution < -0.4 is 4.90 Å². The first kappa shape index (κ1) is 18.7. The highest BCUT2D eigenvalue weighted by Crippen LogP contribution is 2.48. The topological polar surface area (TPSA) is 49.3 Å². The number of benzene rings is 2. The van der Waals surface area contributed by atoms with Crippen LogP contribution in [0.15, 0.2) is 66.9 Å². The predicted molar refractivity (Wildman–Crippen MR) is 114 cm³/mol. The SMILES string of the molecule is O=C(C1CC1c1ccc(F)cc1)N1CCN(c2ccnc(-c3ccccc3)n2)CC1. The summed E-state index contributed by atoms with van der Waals surface area (Å²) in [6, 6.07) is 18.4. The monoisotopic (exact) mass is 402 g/mol. The third-order valence-corrected chi connectivity index (χ3v) is 5.99. The summed E-state index contributed by atoms with van der Waals surface area (Å²) in [5.41, 5.74) is 2.05. The zero-order valence-corrected chi connectivity index (χ0v) is 16.6. The van der Waals surface area contributed by atoms with Gasteiger partial charge in [-0.05, 0) is 36.1 Å². The molecule has 152 valence electrons. The van der Waals surface area contributed by atoms with Crippen LogP contribution in [0, 0.1) is 11.7 Å². The second-order valence-electron chi connectivity index (χ2n) is 7.92. The maximum absolute atomic E-state index is 13.1. The molecule has 2 aliphatic rings. The Kier molecular flexibility index (Phi) is 4.91. The maximum Gasteiger partial charge on any atom is 0.226 e. The van der Waals surface area contributed by atoms with Gasteiger partial charge in [0.15, 0.2) is 5.82 Å². The number of rotatable bonds is 4. The minimum Gasteiger partial charge on any atom is -0.353 e. The van der Waals surface area contributed by atoms with Gasteiger partial charge in [-0.2, -0.15) is 0 Å². The summed E-state index contributed by atoms with van der Waals surface area (Å²) in [6.45, 7) is 2.89. The van der Waals surface area contributed by atoms with E-state index in [1.807, 2.05) is 41.3 Å². The van der Waals surface area contributed by atoms with Crippen molar-refractivity contribution in [2.45, 2.75) is 12.3 Å². The molecule has 1 aliphatic heterocycles. The van der Waals surface area contributed by atoms with E-state index in [0.29, 0.717) is 18.9 Å². The maximum atomic E-state index is 13.1. The molecule has 1 aliphatic carbocycles. The van der Waals surface area contributed by atoms with Crippen LogP contribution in [0.2, 0.25) is 0 Å². The van der Waals surface area contributed by atoms with Gasteiger partial charge in [0.2, 0.25) is 5.91 Å². The molecule has 5 rings (SSSR count). The molecule has 5 nitrogen and oxygen atoms in total. The van der Waals surface area contributed by atoms with Gasteiger partial charge < -0.3 is 9.80 Å². The molecule has 2 atom stereocenters. The van der Waals surface area contributed by atoms with Crippen molar-refractivity contribution in [2.75, 3.05) is 31.1 Å². The fourth-order valence-corrected chi connectivity index (χ4v) is 4.19. The van der Waals surface area contributed by atoms with Crippen molar-refractivity contribution in [3.05, 3.63) is 78.2 Å². The molecule has 0 spiro atoms. The molecule has 2 unspecified atom stereocenters. The van der Waals surface area contributed by atoms with E-state index >= 15 is 0 Å². The first-order valence-corrected chi connectivity index (χ1v) is 10.4. The number of carbonyl (C=O) groups is 1. The summed E-state index contributed by atoms with van der Waals surface area (Å²) in [4.78, 5) is 26.2. The quantitative estimate of drug-likeness (QED) is 0.667. The molecule has 0 radical (unpaired) electrons. The number of hydrogen-bond acceptors (Lipinski definition) is 4. The number of halogens is 1. The predicted octanol–water partition coefficient (Wildman–Crippen LogP) is 3.74. The Morgan fingerprint density at radius 1 is 0.933 bits per heavy atom. The van der Waals surface area contributed by atoms with Crippen molar-refractivity contribution in [3.63, 3.8) is 0 Å². The molecule has 0 N–H and O–H groups in total. The van der Waals surface area contributed by atoms with Crippen molar-refractivity contribution < 1.29 is 9.18 Å². The second-order valence-corrected chi connectivity index (χ2v) is 7.92. The Morgan fingerprint density at radius 2 is 1.67 bits per heavy atom. The summed E-state index contributed by atoms with van der Waals surface area (Å²) >= 11 is 0. The van der Waals surface area contributed by atoms with E-state index in [4.69, 9.17) is 4.98 Å². The fraction of sp³-hybridized carbons (Fsp3) is 0.292. The van der Waals surface area contributed by atoms with E-state index < -0.39 is 0 Å². The summed E-state index contributed by atoms with van der Waals surface area (Å²) in [7, 11) is 0. The Labute approximate surface area is 175 Å². The van der Waals surface area contributed by atoms with Gasteiger partial charge in [-0.1, -0.05) is 42.5 Å². The Hall–Kier alpha value is -3.28. The van der Waals surface area contributed by atoms with Gasteiger partial charge >= 0.3 is 0 Å². The normalized spacial score (nSPS) is 20.8. The number of nitrogens with zero attached hydrogens (tertiary/aromatic N) is 4. The Morgan fingerprint density at radius 3 is 2.40 bits per heavy atom. The van der Waals surface area contributed by atoms with E-state index in [-0.39, 0.29) is 23.6 Å². The van der Waals surface area contributed by atoms with Gasteiger partial charge in [0, 0.05) is 43.9 Å². The van der Waals surface area contributed by atoms with E-state index in [0.717, 1.165) is 36.5 Å². The van der Waals surface area contributed by atoms with Crippen LogP contribution in [-0.4, -0.2) is 47.0 Å². The molecule has 1 amide bonds. The zero-order chi connectivity index (χ0) is 20.5. The van der Waals surface area contributed by atoms with E-state index in [1.54, 1.807) is 18.3 Å². The molecule has 1 saturated carbocycles. The number of amides is 1. The van der Waals surface area contributed by atoms with Crippen molar-refractivity contribution in [1.29, 1.82) is 0 Å². The lowest BCUT2D eigenvalue weighted by Gasteiger charge is -2.35. The van der Waals surface area contributed by atoms with E-state index in [1.165, 1.54) is 12.1 Å². The Bertz CT molecular complexity index is 1030. The Balaban J connectivity index is 1.20. The summed E-state index contributed by atoms with van der Waals surface area (Å²) < 4.78 is 13.1. The largest absolute Gasteiger partial charge is 0.353 e. The van der Waals surface area contributed by atoms with Crippen molar-refractivity contribution in [2.24, 2.45) is 5.92 Å². The van der Waals surface area contributed by atoms with Crippen molar-refractivity contribution >= 4 is 11.7 Å². The number of anilines is 1. The average molecular weight is 402 g/mol. The van der Waals surface area contributed by atoms with Crippen LogP contribution in [0.1, 0.15) is 17.9 Å². The zero-order valence-electron chi connectivity index (χ0n) is 16.6. The van der Waals surface area contributed by atoms with Crippen LogP contribution in [0.25, 0.3) is 11.4 Å². The van der Waals surface area contributed by atoms with Crippen LogP contribution in [0.4, 0.5) is 10.2 Å². The van der Waals surface area contributed by atoms with Gasteiger partial charge in [0.25, 0.3) is 0 Å². The van der Waals surface area contributed by atoms with Crippen LogP contribution in [-0.2, 0) is 4.79 Å². The summed E-state index contributed by atoms with van der Waals surface area (Å²) in [5.74, 6) is 1.85. The highest BCUT2D eigenvalue weighted by Gasteiger charge is 2.46. The standard InChI is InChI=1S/C24H23FN4O/c25-19-8-6-17(7-9-19)20-16-21(20)24(30)29-14-12-28(13-15-29)22-10-11-26-23(27-22)18-4-2-1-3-5-18/h1-11,20-21H,12-16H2. The molecule has 2 aromatic carbocycles.